The Hall–Kier alpha value is -2.95. The van der Waals surface area contributed by atoms with Gasteiger partial charge in [-0.2, -0.15) is 0 Å². The van der Waals surface area contributed by atoms with Crippen LogP contribution in [0, 0.1) is 5.41 Å². The number of amides is 1. The van der Waals surface area contributed by atoms with Gasteiger partial charge in [-0.15, -0.1) is 11.3 Å². The average Bonchev–Trinajstić information content (AvgIpc) is 3.39. The van der Waals surface area contributed by atoms with E-state index in [1.165, 1.54) is 11.3 Å². The number of rotatable bonds is 8. The molecular formula is C22H24N4O4S2. The summed E-state index contributed by atoms with van der Waals surface area (Å²) in [6.07, 6.45) is 0.536. The van der Waals surface area contributed by atoms with E-state index in [2.05, 4.69) is 5.32 Å². The third-order valence-electron chi connectivity index (χ3n) is 5.47. The molecule has 0 unspecified atom stereocenters. The molecule has 0 saturated carbocycles. The summed E-state index contributed by atoms with van der Waals surface area (Å²) in [4.78, 5) is 16.2. The first kappa shape index (κ1) is 22.3. The van der Waals surface area contributed by atoms with Gasteiger partial charge in [0.05, 0.1) is 29.5 Å². The number of nitrogen functional groups attached to an aromatic ring is 1. The van der Waals surface area contributed by atoms with E-state index in [1.54, 1.807) is 42.3 Å². The standard InChI is InChI=1S/C22H24N4O4S2/c1-30-16-4-2-14-3-6-18(11-15(14)10-16)32(28,29)13-25-19-8-9-26(22(19)27)12-17-5-7-20(31-17)21(23)24/h2-7,10-11,19,25H,8-9,12-13H2,1H3,(H3,23,24)/t19-/m0/s1. The Bertz CT molecular complexity index is 1290. The molecule has 1 aliphatic heterocycles. The highest BCUT2D eigenvalue weighted by atomic mass is 32.2. The van der Waals surface area contributed by atoms with Gasteiger partial charge in [-0.05, 0) is 53.6 Å². The van der Waals surface area contributed by atoms with Gasteiger partial charge in [-0.3, -0.25) is 15.5 Å². The van der Waals surface area contributed by atoms with Gasteiger partial charge in [0.2, 0.25) is 5.91 Å². The monoisotopic (exact) mass is 472 g/mol. The number of fused-ring (bicyclic) bond motifs is 1. The van der Waals surface area contributed by atoms with Gasteiger partial charge in [-0.25, -0.2) is 8.42 Å². The molecule has 10 heteroatoms. The Morgan fingerprint density at radius 1 is 1.22 bits per heavy atom. The van der Waals surface area contributed by atoms with Crippen molar-refractivity contribution < 1.29 is 17.9 Å². The number of likely N-dealkylation sites (tertiary alicyclic amines) is 1. The van der Waals surface area contributed by atoms with Crippen molar-refractivity contribution in [2.24, 2.45) is 5.73 Å². The van der Waals surface area contributed by atoms with Crippen molar-refractivity contribution in [2.45, 2.75) is 23.9 Å². The normalized spacial score (nSPS) is 16.6. The molecule has 1 fully saturated rings. The van der Waals surface area contributed by atoms with E-state index in [9.17, 15) is 13.2 Å². The fourth-order valence-corrected chi connectivity index (χ4v) is 5.75. The highest BCUT2D eigenvalue weighted by Crippen LogP contribution is 2.25. The van der Waals surface area contributed by atoms with Gasteiger partial charge in [0, 0.05) is 11.4 Å². The first-order valence-corrected chi connectivity index (χ1v) is 12.5. The van der Waals surface area contributed by atoms with E-state index in [4.69, 9.17) is 15.9 Å². The number of sulfone groups is 1. The van der Waals surface area contributed by atoms with Gasteiger partial charge >= 0.3 is 0 Å². The van der Waals surface area contributed by atoms with Crippen molar-refractivity contribution in [1.82, 2.24) is 10.2 Å². The van der Waals surface area contributed by atoms with Gasteiger partial charge in [0.15, 0.2) is 9.84 Å². The summed E-state index contributed by atoms with van der Waals surface area (Å²) in [5, 5.41) is 12.1. The van der Waals surface area contributed by atoms with Gasteiger partial charge < -0.3 is 15.4 Å². The summed E-state index contributed by atoms with van der Waals surface area (Å²) in [6.45, 7) is 0.966. The van der Waals surface area contributed by atoms with Crippen molar-refractivity contribution in [1.29, 1.82) is 5.41 Å². The third kappa shape index (κ3) is 4.62. The minimum Gasteiger partial charge on any atom is -0.497 e. The molecule has 0 spiro atoms. The summed E-state index contributed by atoms with van der Waals surface area (Å²) in [7, 11) is -2.06. The molecular weight excluding hydrogens is 448 g/mol. The van der Waals surface area contributed by atoms with Crippen LogP contribution in [0.4, 0.5) is 0 Å². The lowest BCUT2D eigenvalue weighted by molar-refractivity contribution is -0.129. The lowest BCUT2D eigenvalue weighted by atomic mass is 10.1. The molecule has 4 N–H and O–H groups in total. The van der Waals surface area contributed by atoms with Crippen molar-refractivity contribution in [3.63, 3.8) is 0 Å². The van der Waals surface area contributed by atoms with Crippen LogP contribution < -0.4 is 15.8 Å². The molecule has 1 atom stereocenters. The number of hydrogen-bond donors (Lipinski definition) is 3. The van der Waals surface area contributed by atoms with E-state index in [0.717, 1.165) is 15.6 Å². The number of ether oxygens (including phenoxy) is 1. The number of methoxy groups -OCH3 is 1. The van der Waals surface area contributed by atoms with Crippen LogP contribution in [0.3, 0.4) is 0 Å². The molecule has 0 bridgehead atoms. The Balaban J connectivity index is 1.40. The van der Waals surface area contributed by atoms with E-state index in [0.29, 0.717) is 30.1 Å². The maximum atomic E-state index is 12.9. The maximum Gasteiger partial charge on any atom is 0.240 e. The van der Waals surface area contributed by atoms with Gasteiger partial charge in [0.25, 0.3) is 0 Å². The first-order chi connectivity index (χ1) is 15.3. The highest BCUT2D eigenvalue weighted by Gasteiger charge is 2.32. The Morgan fingerprint density at radius 2 is 2.00 bits per heavy atom. The third-order valence-corrected chi connectivity index (χ3v) is 8.09. The van der Waals surface area contributed by atoms with Crippen molar-refractivity contribution >= 4 is 43.7 Å². The number of nitrogens with two attached hydrogens (primary N) is 1. The molecule has 32 heavy (non-hydrogen) atoms. The average molecular weight is 473 g/mol. The largest absolute Gasteiger partial charge is 0.497 e. The first-order valence-electron chi connectivity index (χ1n) is 10.0. The minimum atomic E-state index is -3.62. The summed E-state index contributed by atoms with van der Waals surface area (Å²) in [5.74, 6) is 0.218. The van der Waals surface area contributed by atoms with E-state index in [1.807, 2.05) is 18.2 Å². The van der Waals surface area contributed by atoms with Crippen LogP contribution >= 0.6 is 11.3 Å². The quantitative estimate of drug-likeness (QED) is 0.341. The lowest BCUT2D eigenvalue weighted by Crippen LogP contribution is -2.40. The molecule has 3 aromatic rings. The zero-order valence-electron chi connectivity index (χ0n) is 17.5. The number of thiophene rings is 1. The van der Waals surface area contributed by atoms with Crippen molar-refractivity contribution in [2.75, 3.05) is 19.5 Å². The molecule has 0 radical (unpaired) electrons. The molecule has 1 saturated heterocycles. The molecule has 168 valence electrons. The number of nitrogens with zero attached hydrogens (tertiary/aromatic N) is 1. The summed E-state index contributed by atoms with van der Waals surface area (Å²) in [5.41, 5.74) is 5.50. The van der Waals surface area contributed by atoms with E-state index >= 15 is 0 Å². The fraction of sp³-hybridized carbons (Fsp3) is 0.273. The van der Waals surface area contributed by atoms with Crippen LogP contribution in [-0.2, 0) is 21.2 Å². The molecule has 1 amide bonds. The fourth-order valence-electron chi connectivity index (χ4n) is 3.70. The number of hydrogen-bond acceptors (Lipinski definition) is 7. The van der Waals surface area contributed by atoms with Gasteiger partial charge in [0.1, 0.15) is 17.5 Å². The molecule has 2 heterocycles. The second-order valence-electron chi connectivity index (χ2n) is 7.62. The van der Waals surface area contributed by atoms with Crippen LogP contribution in [0.25, 0.3) is 10.8 Å². The number of amidine groups is 1. The molecule has 0 aliphatic carbocycles. The van der Waals surface area contributed by atoms with E-state index in [-0.39, 0.29) is 22.5 Å². The predicted octanol–water partition coefficient (Wildman–Crippen LogP) is 2.32. The number of carbonyl (C=O) groups excluding carboxylic acids is 1. The molecule has 1 aromatic heterocycles. The second kappa shape index (κ2) is 8.89. The Kier molecular flexibility index (Phi) is 6.18. The summed E-state index contributed by atoms with van der Waals surface area (Å²) >= 11 is 1.38. The zero-order valence-corrected chi connectivity index (χ0v) is 19.1. The van der Waals surface area contributed by atoms with Crippen molar-refractivity contribution in [3.8, 4) is 5.75 Å². The topological polar surface area (TPSA) is 126 Å². The second-order valence-corrected chi connectivity index (χ2v) is 10.8. The number of benzene rings is 2. The SMILES string of the molecule is COc1ccc2ccc(S(=O)(=O)CN[C@H]3CCN(Cc4ccc(C(=N)N)s4)C3=O)cc2c1. The van der Waals surface area contributed by atoms with E-state index < -0.39 is 15.9 Å². The lowest BCUT2D eigenvalue weighted by Gasteiger charge is -2.16. The van der Waals surface area contributed by atoms with Gasteiger partial charge in [-0.1, -0.05) is 12.1 Å². The smallest absolute Gasteiger partial charge is 0.240 e. The molecule has 1 aliphatic rings. The summed E-state index contributed by atoms with van der Waals surface area (Å²) in [6, 6.07) is 13.5. The van der Waals surface area contributed by atoms with Crippen LogP contribution in [0.2, 0.25) is 0 Å². The summed E-state index contributed by atoms with van der Waals surface area (Å²) < 4.78 is 31.0. The van der Waals surface area contributed by atoms with Crippen LogP contribution in [-0.4, -0.2) is 50.6 Å². The van der Waals surface area contributed by atoms with Crippen LogP contribution in [0.1, 0.15) is 16.2 Å². The maximum absolute atomic E-state index is 12.9. The minimum absolute atomic E-state index is 0.00545. The van der Waals surface area contributed by atoms with Crippen LogP contribution in [0.5, 0.6) is 5.75 Å². The number of carbonyl (C=O) groups is 1. The molecule has 4 rings (SSSR count). The Labute approximate surface area is 190 Å². The molecule has 2 aromatic carbocycles. The number of nitrogens with one attached hydrogen (secondary N) is 2. The van der Waals surface area contributed by atoms with Crippen molar-refractivity contribution in [3.05, 3.63) is 58.3 Å². The zero-order chi connectivity index (χ0) is 22.9. The van der Waals surface area contributed by atoms with Crippen LogP contribution in [0.15, 0.2) is 53.4 Å². The Morgan fingerprint density at radius 3 is 2.72 bits per heavy atom. The predicted molar refractivity (Wildman–Crippen MR) is 125 cm³/mol. The highest BCUT2D eigenvalue weighted by molar-refractivity contribution is 7.91. The molecule has 8 nitrogen and oxygen atoms in total.